The Morgan fingerprint density at radius 3 is 2.24 bits per heavy atom. The first kappa shape index (κ1) is 14.9. The minimum atomic E-state index is -0.228. The van der Waals surface area contributed by atoms with Gasteiger partial charge in [0.1, 0.15) is 18.2 Å². The molecule has 110 valence electrons. The molecule has 0 heterocycles. The van der Waals surface area contributed by atoms with Gasteiger partial charge < -0.3 is 14.8 Å². The highest BCUT2D eigenvalue weighted by atomic mass is 16.5. The second-order valence-corrected chi connectivity index (χ2v) is 4.31. The van der Waals surface area contributed by atoms with Gasteiger partial charge >= 0.3 is 6.03 Å². The van der Waals surface area contributed by atoms with Crippen LogP contribution in [0.5, 0.6) is 11.5 Å². The Bertz CT molecular complexity index is 570. The van der Waals surface area contributed by atoms with Crippen molar-refractivity contribution in [1.29, 1.82) is 0 Å². The third kappa shape index (κ3) is 3.97. The monoisotopic (exact) mass is 286 g/mol. The number of hydrogen-bond donors (Lipinski definition) is 1. The van der Waals surface area contributed by atoms with Crippen molar-refractivity contribution in [2.75, 3.05) is 25.8 Å². The topological polar surface area (TPSA) is 50.8 Å². The van der Waals surface area contributed by atoms with E-state index in [9.17, 15) is 4.79 Å². The number of carbonyl (C=O) groups excluding carboxylic acids is 1. The van der Waals surface area contributed by atoms with Gasteiger partial charge in [-0.1, -0.05) is 18.2 Å². The van der Waals surface area contributed by atoms with Crippen LogP contribution in [-0.4, -0.2) is 26.9 Å². The molecule has 0 aliphatic rings. The van der Waals surface area contributed by atoms with E-state index in [0.717, 1.165) is 11.4 Å². The minimum Gasteiger partial charge on any atom is -0.457 e. The Balaban J connectivity index is 2.12. The zero-order valence-electron chi connectivity index (χ0n) is 12.1. The summed E-state index contributed by atoms with van der Waals surface area (Å²) in [6.45, 7) is 0.179. The number of para-hydroxylation sites is 1. The maximum Gasteiger partial charge on any atom is 0.323 e. The number of urea groups is 1. The molecule has 0 saturated carbocycles. The fourth-order valence-corrected chi connectivity index (χ4v) is 1.83. The van der Waals surface area contributed by atoms with E-state index in [1.807, 2.05) is 54.6 Å². The van der Waals surface area contributed by atoms with E-state index in [0.29, 0.717) is 5.75 Å². The van der Waals surface area contributed by atoms with Gasteiger partial charge in [-0.05, 0) is 36.4 Å². The summed E-state index contributed by atoms with van der Waals surface area (Å²) in [5.41, 5.74) is 0.733. The van der Waals surface area contributed by atoms with Crippen LogP contribution >= 0.6 is 0 Å². The highest BCUT2D eigenvalue weighted by molar-refractivity contribution is 5.91. The lowest BCUT2D eigenvalue weighted by atomic mass is 10.3. The van der Waals surface area contributed by atoms with E-state index < -0.39 is 0 Å². The van der Waals surface area contributed by atoms with E-state index in [4.69, 9.17) is 9.47 Å². The van der Waals surface area contributed by atoms with Crippen molar-refractivity contribution >= 4 is 11.7 Å². The van der Waals surface area contributed by atoms with Crippen LogP contribution in [0.4, 0.5) is 10.5 Å². The first-order valence-corrected chi connectivity index (χ1v) is 6.55. The maximum absolute atomic E-state index is 11.8. The molecule has 0 aromatic heterocycles. The smallest absolute Gasteiger partial charge is 0.323 e. The molecule has 2 aromatic carbocycles. The fourth-order valence-electron chi connectivity index (χ4n) is 1.83. The molecule has 0 aliphatic carbocycles. The predicted molar refractivity (Wildman–Crippen MR) is 81.8 cm³/mol. The first-order chi connectivity index (χ1) is 10.2. The molecular weight excluding hydrogens is 268 g/mol. The van der Waals surface area contributed by atoms with Crippen LogP contribution in [0, 0.1) is 0 Å². The van der Waals surface area contributed by atoms with Gasteiger partial charge in [-0.25, -0.2) is 4.79 Å². The number of anilines is 1. The summed E-state index contributed by atoms with van der Waals surface area (Å²) in [4.78, 5) is 13.3. The number of benzene rings is 2. The van der Waals surface area contributed by atoms with Gasteiger partial charge in [0, 0.05) is 19.8 Å². The van der Waals surface area contributed by atoms with Crippen molar-refractivity contribution < 1.29 is 14.3 Å². The average Bonchev–Trinajstić information content (AvgIpc) is 2.54. The van der Waals surface area contributed by atoms with Crippen molar-refractivity contribution in [3.63, 3.8) is 0 Å². The molecule has 0 aliphatic heterocycles. The molecule has 0 spiro atoms. The summed E-state index contributed by atoms with van der Waals surface area (Å²) < 4.78 is 10.8. The molecule has 1 N–H and O–H groups in total. The van der Waals surface area contributed by atoms with E-state index in [1.165, 1.54) is 4.90 Å². The Morgan fingerprint density at radius 1 is 1.05 bits per heavy atom. The van der Waals surface area contributed by atoms with Crippen LogP contribution in [0.1, 0.15) is 0 Å². The van der Waals surface area contributed by atoms with Crippen molar-refractivity contribution in [2.45, 2.75) is 0 Å². The number of amides is 2. The van der Waals surface area contributed by atoms with Gasteiger partial charge in [-0.2, -0.15) is 0 Å². The number of ether oxygens (including phenoxy) is 2. The van der Waals surface area contributed by atoms with Crippen LogP contribution in [0.15, 0.2) is 54.6 Å². The molecule has 5 nitrogen and oxygen atoms in total. The number of nitrogens with zero attached hydrogens (tertiary/aromatic N) is 1. The highest BCUT2D eigenvalue weighted by Crippen LogP contribution is 2.24. The lowest BCUT2D eigenvalue weighted by Gasteiger charge is -2.21. The van der Waals surface area contributed by atoms with E-state index in [-0.39, 0.29) is 12.8 Å². The summed E-state index contributed by atoms with van der Waals surface area (Å²) >= 11 is 0. The number of hydrogen-bond acceptors (Lipinski definition) is 3. The Kier molecular flexibility index (Phi) is 5.17. The largest absolute Gasteiger partial charge is 0.457 e. The zero-order chi connectivity index (χ0) is 15.1. The van der Waals surface area contributed by atoms with Crippen molar-refractivity contribution in [1.82, 2.24) is 5.32 Å². The SMILES string of the molecule is CNC(=O)N(COC)c1ccc(Oc2ccccc2)cc1. The standard InChI is InChI=1S/C16H18N2O3/c1-17-16(19)18(12-20-2)13-8-10-15(11-9-13)21-14-6-4-3-5-7-14/h3-11H,12H2,1-2H3,(H,17,19). The van der Waals surface area contributed by atoms with Crippen LogP contribution in [0.2, 0.25) is 0 Å². The minimum absolute atomic E-state index is 0.179. The van der Waals surface area contributed by atoms with Crippen LogP contribution in [0.3, 0.4) is 0 Å². The Morgan fingerprint density at radius 2 is 1.67 bits per heavy atom. The number of nitrogens with one attached hydrogen (secondary N) is 1. The van der Waals surface area contributed by atoms with E-state index in [2.05, 4.69) is 5.32 Å². The molecule has 5 heteroatoms. The summed E-state index contributed by atoms with van der Waals surface area (Å²) in [6, 6.07) is 16.5. The fraction of sp³-hybridized carbons (Fsp3) is 0.188. The molecular formula is C16H18N2O3. The number of methoxy groups -OCH3 is 1. The van der Waals surface area contributed by atoms with Gasteiger partial charge in [-0.3, -0.25) is 4.90 Å². The molecule has 0 unspecified atom stereocenters. The van der Waals surface area contributed by atoms with Crippen LogP contribution in [-0.2, 0) is 4.74 Å². The third-order valence-corrected chi connectivity index (χ3v) is 2.84. The van der Waals surface area contributed by atoms with Gasteiger partial charge in [0.25, 0.3) is 0 Å². The maximum atomic E-state index is 11.8. The normalized spacial score (nSPS) is 10.0. The van der Waals surface area contributed by atoms with Crippen LogP contribution < -0.4 is 15.0 Å². The molecule has 0 saturated heterocycles. The number of carbonyl (C=O) groups is 1. The second-order valence-electron chi connectivity index (χ2n) is 4.31. The molecule has 2 amide bonds. The van der Waals surface area contributed by atoms with Crippen molar-refractivity contribution in [3.8, 4) is 11.5 Å². The first-order valence-electron chi connectivity index (χ1n) is 6.55. The van der Waals surface area contributed by atoms with Gasteiger partial charge in [0.05, 0.1) is 0 Å². The van der Waals surface area contributed by atoms with Gasteiger partial charge in [-0.15, -0.1) is 0 Å². The molecule has 0 fully saturated rings. The van der Waals surface area contributed by atoms with Crippen molar-refractivity contribution in [3.05, 3.63) is 54.6 Å². The average molecular weight is 286 g/mol. The Hall–Kier alpha value is -2.53. The Labute approximate surface area is 124 Å². The van der Waals surface area contributed by atoms with Gasteiger partial charge in [0.15, 0.2) is 0 Å². The second kappa shape index (κ2) is 7.31. The quantitative estimate of drug-likeness (QED) is 0.859. The molecule has 0 radical (unpaired) electrons. The third-order valence-electron chi connectivity index (χ3n) is 2.84. The number of rotatable bonds is 5. The zero-order valence-corrected chi connectivity index (χ0v) is 12.1. The highest BCUT2D eigenvalue weighted by Gasteiger charge is 2.13. The molecule has 2 rings (SSSR count). The summed E-state index contributed by atoms with van der Waals surface area (Å²) in [5.74, 6) is 1.48. The summed E-state index contributed by atoms with van der Waals surface area (Å²) in [6.07, 6.45) is 0. The molecule has 0 atom stereocenters. The van der Waals surface area contributed by atoms with Crippen LogP contribution in [0.25, 0.3) is 0 Å². The van der Waals surface area contributed by atoms with Gasteiger partial charge in [0.2, 0.25) is 0 Å². The molecule has 2 aromatic rings. The molecule has 0 bridgehead atoms. The molecule has 21 heavy (non-hydrogen) atoms. The summed E-state index contributed by atoms with van der Waals surface area (Å²) in [7, 11) is 3.13. The van der Waals surface area contributed by atoms with E-state index in [1.54, 1.807) is 14.2 Å². The van der Waals surface area contributed by atoms with Crippen molar-refractivity contribution in [2.24, 2.45) is 0 Å². The van der Waals surface area contributed by atoms with E-state index >= 15 is 0 Å². The predicted octanol–water partition coefficient (Wildman–Crippen LogP) is 3.23. The lowest BCUT2D eigenvalue weighted by Crippen LogP contribution is -2.39. The lowest BCUT2D eigenvalue weighted by molar-refractivity contribution is 0.192. The summed E-state index contributed by atoms with van der Waals surface area (Å²) in [5, 5.41) is 2.58.